The largest absolute Gasteiger partial charge is 0.416 e. The van der Waals surface area contributed by atoms with Gasteiger partial charge in [0.15, 0.2) is 0 Å². The molecule has 0 unspecified atom stereocenters. The molecule has 0 saturated carbocycles. The van der Waals surface area contributed by atoms with Crippen LogP contribution >= 0.6 is 23.1 Å². The maximum Gasteiger partial charge on any atom is 0.416 e. The van der Waals surface area contributed by atoms with Gasteiger partial charge in [-0.2, -0.15) is 13.2 Å². The molecule has 0 N–H and O–H groups in total. The molecule has 4 rings (SSSR count). The smallest absolute Gasteiger partial charge is 0.302 e. The van der Waals surface area contributed by atoms with Gasteiger partial charge in [0.2, 0.25) is 0 Å². The summed E-state index contributed by atoms with van der Waals surface area (Å²) in [5.74, 6) is 0.288. The molecule has 2 aliphatic rings. The zero-order valence-corrected chi connectivity index (χ0v) is 17.8. The average molecular weight is 438 g/mol. The summed E-state index contributed by atoms with van der Waals surface area (Å²) < 4.78 is 40.7. The first-order valence-electron chi connectivity index (χ1n) is 9.80. The first-order valence-corrected chi connectivity index (χ1v) is 11.5. The lowest BCUT2D eigenvalue weighted by atomic mass is 9.88. The summed E-state index contributed by atoms with van der Waals surface area (Å²) in [6.07, 6.45) is -1.39. The van der Waals surface area contributed by atoms with Crippen molar-refractivity contribution in [2.24, 2.45) is 0 Å². The molecule has 154 valence electrons. The van der Waals surface area contributed by atoms with Crippen molar-refractivity contribution in [1.82, 2.24) is 4.90 Å². The van der Waals surface area contributed by atoms with E-state index in [-0.39, 0.29) is 5.78 Å². The Morgan fingerprint density at radius 1 is 1.14 bits per heavy atom. The van der Waals surface area contributed by atoms with Crippen LogP contribution in [-0.4, -0.2) is 30.3 Å². The molecule has 3 heterocycles. The zero-order valence-electron chi connectivity index (χ0n) is 16.1. The highest BCUT2D eigenvalue weighted by molar-refractivity contribution is 8.01. The van der Waals surface area contributed by atoms with Crippen LogP contribution in [0.2, 0.25) is 0 Å². The number of alkyl halides is 3. The Balaban J connectivity index is 1.63. The molecule has 1 aromatic carbocycles. The first-order chi connectivity index (χ1) is 13.9. The molecule has 0 atom stereocenters. The lowest BCUT2D eigenvalue weighted by Crippen LogP contribution is -2.33. The van der Waals surface area contributed by atoms with Gasteiger partial charge < -0.3 is 4.90 Å². The number of hydrogen-bond donors (Lipinski definition) is 0. The van der Waals surface area contributed by atoms with Crippen LogP contribution in [0.1, 0.15) is 49.3 Å². The summed E-state index contributed by atoms with van der Waals surface area (Å²) in [4.78, 5) is 14.6. The molecule has 0 radical (unpaired) electrons. The molecular weight excluding hydrogens is 415 g/mol. The number of halogens is 3. The molecule has 1 saturated heterocycles. The van der Waals surface area contributed by atoms with E-state index in [1.54, 1.807) is 17.4 Å². The third-order valence-corrected chi connectivity index (χ3v) is 7.80. The van der Waals surface area contributed by atoms with E-state index in [1.807, 2.05) is 12.3 Å². The summed E-state index contributed by atoms with van der Waals surface area (Å²) in [7, 11) is 0. The van der Waals surface area contributed by atoms with Crippen molar-refractivity contribution in [2.45, 2.75) is 47.9 Å². The van der Waals surface area contributed by atoms with Crippen molar-refractivity contribution < 1.29 is 18.0 Å². The zero-order chi connectivity index (χ0) is 20.6. The van der Waals surface area contributed by atoms with Gasteiger partial charge in [-0.25, -0.2) is 0 Å². The number of carbonyl (C=O) groups excluding carboxylic acids is 1. The van der Waals surface area contributed by atoms with Crippen molar-refractivity contribution in [3.8, 4) is 0 Å². The number of Topliss-reactive ketones (excluding diaryl/α,β-unsaturated/α-hetero) is 1. The van der Waals surface area contributed by atoms with Crippen LogP contribution in [0.15, 0.2) is 44.3 Å². The number of ketones is 1. The first kappa shape index (κ1) is 20.7. The molecular formula is C22H22F3NOS2. The Hall–Kier alpha value is -1.57. The molecule has 1 fully saturated rings. The van der Waals surface area contributed by atoms with Crippen LogP contribution in [0.25, 0.3) is 5.57 Å². The lowest BCUT2D eigenvalue weighted by molar-refractivity contribution is -0.137. The van der Waals surface area contributed by atoms with Crippen LogP contribution in [0, 0.1) is 0 Å². The molecule has 2 nitrogen and oxygen atoms in total. The van der Waals surface area contributed by atoms with Gasteiger partial charge in [0.1, 0.15) is 5.78 Å². The fourth-order valence-electron chi connectivity index (χ4n) is 3.93. The SMILES string of the molecule is CCC(=O)CCN1CCC(=C2c3ccc(C(F)(F)F)cc3Sc3sccc32)CC1. The average Bonchev–Trinajstić information content (AvgIpc) is 3.17. The number of thiophene rings is 1. The summed E-state index contributed by atoms with van der Waals surface area (Å²) in [6.45, 7) is 4.46. The van der Waals surface area contributed by atoms with E-state index in [9.17, 15) is 18.0 Å². The van der Waals surface area contributed by atoms with Gasteiger partial charge in [0.25, 0.3) is 0 Å². The molecule has 2 aromatic rings. The summed E-state index contributed by atoms with van der Waals surface area (Å²) in [5.41, 5.74) is 3.90. The van der Waals surface area contributed by atoms with Gasteiger partial charge in [-0.05, 0) is 47.6 Å². The maximum absolute atomic E-state index is 13.2. The number of hydrogen-bond acceptors (Lipinski definition) is 4. The quantitative estimate of drug-likeness (QED) is 0.465. The van der Waals surface area contributed by atoms with Crippen molar-refractivity contribution in [1.29, 1.82) is 0 Å². The second-order valence-electron chi connectivity index (χ2n) is 7.39. The molecule has 0 spiro atoms. The number of rotatable bonds is 4. The highest BCUT2D eigenvalue weighted by atomic mass is 32.2. The van der Waals surface area contributed by atoms with Gasteiger partial charge in [-0.15, -0.1) is 11.3 Å². The van der Waals surface area contributed by atoms with E-state index in [0.29, 0.717) is 17.7 Å². The number of carbonyl (C=O) groups is 1. The lowest BCUT2D eigenvalue weighted by Gasteiger charge is -2.31. The van der Waals surface area contributed by atoms with E-state index in [4.69, 9.17) is 0 Å². The number of fused-ring (bicyclic) bond motifs is 2. The topological polar surface area (TPSA) is 20.3 Å². The minimum atomic E-state index is -4.33. The Kier molecular flexibility index (Phi) is 5.91. The minimum absolute atomic E-state index is 0.288. The van der Waals surface area contributed by atoms with Crippen molar-refractivity contribution in [3.05, 3.63) is 51.9 Å². The summed E-state index contributed by atoms with van der Waals surface area (Å²) in [6, 6.07) is 6.21. The highest BCUT2D eigenvalue weighted by Gasteiger charge is 2.33. The van der Waals surface area contributed by atoms with Crippen molar-refractivity contribution in [3.63, 3.8) is 0 Å². The fourth-order valence-corrected chi connectivity index (χ4v) is 6.13. The Morgan fingerprint density at radius 3 is 2.59 bits per heavy atom. The summed E-state index contributed by atoms with van der Waals surface area (Å²) in [5, 5.41) is 2.01. The standard InChI is InChI=1S/C22H22F3NOS2/c1-2-16(27)7-11-26-9-5-14(6-10-26)20-17-4-3-15(22(23,24)25)13-19(17)29-21-18(20)8-12-28-21/h3-4,8,12-13H,2,5-7,9-11H2,1H3. The summed E-state index contributed by atoms with van der Waals surface area (Å²) >= 11 is 3.02. The van der Waals surface area contributed by atoms with Gasteiger partial charge in [0.05, 0.1) is 9.77 Å². The molecule has 0 amide bonds. The molecule has 1 aromatic heterocycles. The monoisotopic (exact) mass is 437 g/mol. The van der Waals surface area contributed by atoms with E-state index >= 15 is 0 Å². The van der Waals surface area contributed by atoms with E-state index < -0.39 is 11.7 Å². The van der Waals surface area contributed by atoms with Crippen LogP contribution in [0.5, 0.6) is 0 Å². The third-order valence-electron chi connectivity index (χ3n) is 5.59. The van der Waals surface area contributed by atoms with Gasteiger partial charge in [-0.1, -0.05) is 30.3 Å². The van der Waals surface area contributed by atoms with E-state index in [2.05, 4.69) is 11.0 Å². The predicted molar refractivity (Wildman–Crippen MR) is 111 cm³/mol. The molecule has 7 heteroatoms. The fraction of sp³-hybridized carbons (Fsp3) is 0.409. The number of likely N-dealkylation sites (tertiary alicyclic amines) is 1. The highest BCUT2D eigenvalue weighted by Crippen LogP contribution is 2.51. The number of benzene rings is 1. The van der Waals surface area contributed by atoms with Crippen molar-refractivity contribution >= 4 is 34.5 Å². The molecule has 0 bridgehead atoms. The van der Waals surface area contributed by atoms with Gasteiger partial charge in [0, 0.05) is 42.9 Å². The predicted octanol–water partition coefficient (Wildman–Crippen LogP) is 6.50. The van der Waals surface area contributed by atoms with Gasteiger partial charge >= 0.3 is 6.18 Å². The van der Waals surface area contributed by atoms with Crippen LogP contribution < -0.4 is 0 Å². The Labute approximate surface area is 176 Å². The third kappa shape index (κ3) is 4.32. The van der Waals surface area contributed by atoms with Crippen LogP contribution in [0.3, 0.4) is 0 Å². The number of piperidine rings is 1. The Bertz CT molecular complexity index is 951. The second kappa shape index (κ2) is 8.28. The molecule has 29 heavy (non-hydrogen) atoms. The minimum Gasteiger partial charge on any atom is -0.302 e. The molecule has 0 aliphatic carbocycles. The number of nitrogens with zero attached hydrogens (tertiary/aromatic N) is 1. The molecule has 2 aliphatic heterocycles. The van der Waals surface area contributed by atoms with E-state index in [1.165, 1.54) is 29.5 Å². The Morgan fingerprint density at radius 2 is 1.90 bits per heavy atom. The van der Waals surface area contributed by atoms with Gasteiger partial charge in [-0.3, -0.25) is 4.79 Å². The van der Waals surface area contributed by atoms with E-state index in [0.717, 1.165) is 53.4 Å². The van der Waals surface area contributed by atoms with Crippen LogP contribution in [-0.2, 0) is 11.0 Å². The maximum atomic E-state index is 13.2. The van der Waals surface area contributed by atoms with Crippen LogP contribution in [0.4, 0.5) is 13.2 Å². The normalized spacial score (nSPS) is 17.2. The second-order valence-corrected chi connectivity index (χ2v) is 9.62. The van der Waals surface area contributed by atoms with Crippen molar-refractivity contribution in [2.75, 3.05) is 19.6 Å².